The van der Waals surface area contributed by atoms with E-state index < -0.39 is 0 Å². The monoisotopic (exact) mass is 160 g/mol. The Morgan fingerprint density at radius 3 is 2.64 bits per heavy atom. The van der Waals surface area contributed by atoms with Crippen molar-refractivity contribution >= 4 is 5.91 Å². The fourth-order valence-corrected chi connectivity index (χ4v) is 0.522. The lowest BCUT2D eigenvalue weighted by molar-refractivity contribution is -0.120. The Labute approximate surface area is 66.9 Å². The second-order valence-corrected chi connectivity index (χ2v) is 2.09. The van der Waals surface area contributed by atoms with E-state index in [1.54, 1.807) is 0 Å². The minimum Gasteiger partial charge on any atom is -0.316 e. The minimum absolute atomic E-state index is 0.110. The van der Waals surface area contributed by atoms with Crippen LogP contribution < -0.4 is 21.7 Å². The highest BCUT2D eigenvalue weighted by molar-refractivity contribution is 5.72. The molecule has 0 fully saturated rings. The summed E-state index contributed by atoms with van der Waals surface area (Å²) in [7, 11) is 0. The lowest BCUT2D eigenvalue weighted by Gasteiger charge is -2.06. The number of likely N-dealkylation sites (N-methyl/N-ethyl adjacent to an activating group) is 1. The highest BCUT2D eigenvalue weighted by Crippen LogP contribution is 1.54. The first-order valence-electron chi connectivity index (χ1n) is 3.72. The third-order valence-electron chi connectivity index (χ3n) is 1.00. The molecule has 0 unspecified atom stereocenters. The first-order valence-corrected chi connectivity index (χ1v) is 3.72. The standard InChI is InChI=1S/C6H16N4O/c1-3-7-4-5-8-10-9-6(2)11/h7-8,10H,3-5H2,1-2H3,(H,9,11). The predicted molar refractivity (Wildman–Crippen MR) is 43.5 cm³/mol. The van der Waals surface area contributed by atoms with Gasteiger partial charge >= 0.3 is 0 Å². The Bertz CT molecular complexity index is 107. The first kappa shape index (κ1) is 10.3. The van der Waals surface area contributed by atoms with E-state index >= 15 is 0 Å². The quantitative estimate of drug-likeness (QED) is 0.289. The van der Waals surface area contributed by atoms with Crippen LogP contribution >= 0.6 is 0 Å². The Morgan fingerprint density at radius 1 is 1.36 bits per heavy atom. The van der Waals surface area contributed by atoms with Gasteiger partial charge in [0.1, 0.15) is 0 Å². The molecule has 66 valence electrons. The minimum atomic E-state index is -0.110. The molecule has 0 aromatic rings. The normalized spacial score (nSPS) is 9.64. The molecule has 0 rings (SSSR count). The molecule has 11 heavy (non-hydrogen) atoms. The SMILES string of the molecule is CCNCCNNNC(C)=O. The van der Waals surface area contributed by atoms with Crippen LogP contribution in [-0.4, -0.2) is 25.5 Å². The van der Waals surface area contributed by atoms with Crippen molar-refractivity contribution in [2.45, 2.75) is 13.8 Å². The molecule has 4 N–H and O–H groups in total. The van der Waals surface area contributed by atoms with Crippen molar-refractivity contribution in [2.24, 2.45) is 0 Å². The molecule has 5 nitrogen and oxygen atoms in total. The van der Waals surface area contributed by atoms with Crippen LogP contribution in [0.3, 0.4) is 0 Å². The Hall–Kier alpha value is -0.650. The van der Waals surface area contributed by atoms with Gasteiger partial charge in [0.2, 0.25) is 5.91 Å². The van der Waals surface area contributed by atoms with E-state index in [1.165, 1.54) is 6.92 Å². The summed E-state index contributed by atoms with van der Waals surface area (Å²) in [6.45, 7) is 6.10. The lowest BCUT2D eigenvalue weighted by Crippen LogP contribution is -2.47. The van der Waals surface area contributed by atoms with Gasteiger partial charge in [-0.1, -0.05) is 6.92 Å². The zero-order valence-corrected chi connectivity index (χ0v) is 7.03. The summed E-state index contributed by atoms with van der Waals surface area (Å²) in [6, 6.07) is 0. The third-order valence-corrected chi connectivity index (χ3v) is 1.00. The number of rotatable bonds is 6. The number of carbonyl (C=O) groups is 1. The summed E-state index contributed by atoms with van der Waals surface area (Å²) in [4.78, 5) is 10.3. The lowest BCUT2D eigenvalue weighted by atomic mass is 10.6. The van der Waals surface area contributed by atoms with Crippen molar-refractivity contribution in [2.75, 3.05) is 19.6 Å². The molecule has 0 bridgehead atoms. The van der Waals surface area contributed by atoms with Crippen LogP contribution in [0.2, 0.25) is 0 Å². The summed E-state index contributed by atoms with van der Waals surface area (Å²) in [5, 5.41) is 3.12. The first-order chi connectivity index (χ1) is 5.27. The number of carbonyl (C=O) groups excluding carboxylic acids is 1. The summed E-state index contributed by atoms with van der Waals surface area (Å²) in [5.41, 5.74) is 7.76. The molecule has 0 radical (unpaired) electrons. The molecule has 1 amide bonds. The molecule has 0 heterocycles. The molecule has 5 heteroatoms. The third kappa shape index (κ3) is 9.35. The Balaban J connectivity index is 2.85. The van der Waals surface area contributed by atoms with Crippen molar-refractivity contribution in [3.63, 3.8) is 0 Å². The number of hydrogen-bond donors (Lipinski definition) is 4. The van der Waals surface area contributed by atoms with Crippen molar-refractivity contribution in [1.29, 1.82) is 0 Å². The molecule has 0 aliphatic rings. The van der Waals surface area contributed by atoms with E-state index in [2.05, 4.69) is 21.7 Å². The second kappa shape index (κ2) is 7.46. The van der Waals surface area contributed by atoms with Gasteiger partial charge in [-0.25, -0.2) is 5.43 Å². The predicted octanol–water partition coefficient (Wildman–Crippen LogP) is -1.26. The Kier molecular flexibility index (Phi) is 7.02. The molecule has 0 spiro atoms. The van der Waals surface area contributed by atoms with E-state index in [0.717, 1.165) is 19.6 Å². The highest BCUT2D eigenvalue weighted by atomic mass is 16.2. The highest BCUT2D eigenvalue weighted by Gasteiger charge is 1.86. The smallest absolute Gasteiger partial charge is 0.232 e. The summed E-state index contributed by atoms with van der Waals surface area (Å²) < 4.78 is 0. The Morgan fingerprint density at radius 2 is 2.09 bits per heavy atom. The molecule has 0 atom stereocenters. The maximum Gasteiger partial charge on any atom is 0.232 e. The number of nitrogens with one attached hydrogen (secondary N) is 4. The molecular formula is C6H16N4O. The topological polar surface area (TPSA) is 65.2 Å². The maximum atomic E-state index is 10.3. The van der Waals surface area contributed by atoms with Crippen molar-refractivity contribution in [1.82, 2.24) is 21.7 Å². The van der Waals surface area contributed by atoms with Crippen molar-refractivity contribution < 1.29 is 4.79 Å². The summed E-state index contributed by atoms with van der Waals surface area (Å²) >= 11 is 0. The number of hydrogen-bond acceptors (Lipinski definition) is 4. The van der Waals surface area contributed by atoms with Gasteiger partial charge in [0, 0.05) is 20.0 Å². The molecule has 0 aromatic heterocycles. The summed E-state index contributed by atoms with van der Waals surface area (Å²) in [6.07, 6.45) is 0. The molecular weight excluding hydrogens is 144 g/mol. The largest absolute Gasteiger partial charge is 0.316 e. The molecule has 0 aromatic carbocycles. The van der Waals surface area contributed by atoms with Gasteiger partial charge in [0.05, 0.1) is 0 Å². The van der Waals surface area contributed by atoms with Crippen LogP contribution in [0.1, 0.15) is 13.8 Å². The van der Waals surface area contributed by atoms with Gasteiger partial charge in [-0.2, -0.15) is 5.53 Å². The van der Waals surface area contributed by atoms with E-state index in [4.69, 9.17) is 0 Å². The fraction of sp³-hybridized carbons (Fsp3) is 0.833. The maximum absolute atomic E-state index is 10.3. The van der Waals surface area contributed by atoms with Crippen LogP contribution in [-0.2, 0) is 4.79 Å². The van der Waals surface area contributed by atoms with Gasteiger partial charge in [0.25, 0.3) is 0 Å². The van der Waals surface area contributed by atoms with E-state index in [0.29, 0.717) is 0 Å². The van der Waals surface area contributed by atoms with Gasteiger partial charge in [0.15, 0.2) is 0 Å². The van der Waals surface area contributed by atoms with Crippen molar-refractivity contribution in [3.05, 3.63) is 0 Å². The van der Waals surface area contributed by atoms with Crippen molar-refractivity contribution in [3.8, 4) is 0 Å². The van der Waals surface area contributed by atoms with Gasteiger partial charge in [-0.3, -0.25) is 10.2 Å². The zero-order chi connectivity index (χ0) is 8.53. The van der Waals surface area contributed by atoms with E-state index in [1.807, 2.05) is 6.92 Å². The molecule has 0 aliphatic carbocycles. The van der Waals surface area contributed by atoms with Crippen LogP contribution in [0, 0.1) is 0 Å². The van der Waals surface area contributed by atoms with E-state index in [-0.39, 0.29) is 5.91 Å². The van der Waals surface area contributed by atoms with Gasteiger partial charge < -0.3 is 5.32 Å². The van der Waals surface area contributed by atoms with Gasteiger partial charge in [-0.05, 0) is 6.54 Å². The van der Waals surface area contributed by atoms with Gasteiger partial charge in [-0.15, -0.1) is 0 Å². The zero-order valence-electron chi connectivity index (χ0n) is 7.03. The molecule has 0 aliphatic heterocycles. The molecule has 0 saturated carbocycles. The number of hydrazine groups is 2. The summed E-state index contributed by atoms with van der Waals surface area (Å²) in [5.74, 6) is -0.110. The van der Waals surface area contributed by atoms with E-state index in [9.17, 15) is 4.79 Å². The molecule has 0 saturated heterocycles. The average molecular weight is 160 g/mol. The second-order valence-electron chi connectivity index (χ2n) is 2.09. The number of amides is 1. The van der Waals surface area contributed by atoms with Crippen LogP contribution in [0.5, 0.6) is 0 Å². The fourth-order valence-electron chi connectivity index (χ4n) is 0.522. The van der Waals surface area contributed by atoms with Crippen LogP contribution in [0.15, 0.2) is 0 Å². The average Bonchev–Trinajstić information content (AvgIpc) is 1.96. The van der Waals surface area contributed by atoms with Crippen LogP contribution in [0.25, 0.3) is 0 Å². The van der Waals surface area contributed by atoms with Crippen LogP contribution in [0.4, 0.5) is 0 Å².